The highest BCUT2D eigenvalue weighted by Crippen LogP contribution is 2.43. The predicted octanol–water partition coefficient (Wildman–Crippen LogP) is 1.26. The maximum absolute atomic E-state index is 12.4. The zero-order valence-electron chi connectivity index (χ0n) is 16.8. The molecule has 0 aliphatic heterocycles. The lowest BCUT2D eigenvalue weighted by atomic mass is 9.77. The van der Waals surface area contributed by atoms with E-state index < -0.39 is 30.3 Å². The molecule has 7 heteroatoms. The van der Waals surface area contributed by atoms with Gasteiger partial charge in [-0.15, -0.1) is 0 Å². The van der Waals surface area contributed by atoms with Gasteiger partial charge in [0.2, 0.25) is 0 Å². The maximum atomic E-state index is 12.4. The van der Waals surface area contributed by atoms with Crippen LogP contribution in [0.4, 0.5) is 0 Å². The van der Waals surface area contributed by atoms with Crippen LogP contribution in [0.25, 0.3) is 0 Å². The number of carbonyl (C=O) groups excluding carboxylic acids is 1. The summed E-state index contributed by atoms with van der Waals surface area (Å²) < 4.78 is 10.6. The Morgan fingerprint density at radius 3 is 2.45 bits per heavy atom. The number of allylic oxidation sites excluding steroid dienone is 3. The molecule has 7 nitrogen and oxygen atoms in total. The highest BCUT2D eigenvalue weighted by Gasteiger charge is 2.44. The standard InChI is InChI=1S/C22H28O7/c1-4-15(14-8-9-20(28-2)21(12-14)29-3)22(27)11-10-17(24)16(22)6-5-7-18(25)19(26)13-23/h5-12,15,18-19,23,25-27H,4,13H2,1-3H3/t15?,18-,19+,22?/m0/s1. The van der Waals surface area contributed by atoms with Gasteiger partial charge in [0.15, 0.2) is 17.3 Å². The number of rotatable bonds is 9. The molecule has 4 N–H and O–H groups in total. The van der Waals surface area contributed by atoms with E-state index in [0.717, 1.165) is 5.56 Å². The smallest absolute Gasteiger partial charge is 0.184 e. The summed E-state index contributed by atoms with van der Waals surface area (Å²) in [5, 5.41) is 39.4. The van der Waals surface area contributed by atoms with Gasteiger partial charge in [-0.1, -0.05) is 31.2 Å². The maximum Gasteiger partial charge on any atom is 0.184 e. The van der Waals surface area contributed by atoms with E-state index in [1.165, 1.54) is 44.6 Å². The number of ketones is 1. The third-order valence-electron chi connectivity index (χ3n) is 5.09. The van der Waals surface area contributed by atoms with Gasteiger partial charge in [-0.2, -0.15) is 0 Å². The Morgan fingerprint density at radius 2 is 1.86 bits per heavy atom. The molecule has 0 spiro atoms. The molecular weight excluding hydrogens is 376 g/mol. The number of benzene rings is 1. The lowest BCUT2D eigenvalue weighted by Crippen LogP contribution is -2.35. The summed E-state index contributed by atoms with van der Waals surface area (Å²) in [6.07, 6.45) is 4.77. The molecule has 2 unspecified atom stereocenters. The van der Waals surface area contributed by atoms with Crippen molar-refractivity contribution in [2.24, 2.45) is 0 Å². The molecule has 4 atom stereocenters. The van der Waals surface area contributed by atoms with Crippen LogP contribution in [0.1, 0.15) is 24.8 Å². The van der Waals surface area contributed by atoms with Gasteiger partial charge in [-0.25, -0.2) is 0 Å². The number of methoxy groups -OCH3 is 2. The van der Waals surface area contributed by atoms with Gasteiger partial charge < -0.3 is 29.9 Å². The molecule has 1 aromatic rings. The summed E-state index contributed by atoms with van der Waals surface area (Å²) in [7, 11) is 3.06. The lowest BCUT2D eigenvalue weighted by Gasteiger charge is -2.32. The number of hydrogen-bond donors (Lipinski definition) is 4. The minimum absolute atomic E-state index is 0.154. The molecule has 0 saturated heterocycles. The van der Waals surface area contributed by atoms with Crippen LogP contribution in [0.15, 0.2) is 54.2 Å². The summed E-state index contributed by atoms with van der Waals surface area (Å²) in [6.45, 7) is 1.31. The van der Waals surface area contributed by atoms with E-state index in [0.29, 0.717) is 17.9 Å². The van der Waals surface area contributed by atoms with Crippen molar-refractivity contribution < 1.29 is 34.7 Å². The fraction of sp³-hybridized carbons (Fsp3) is 0.409. The SMILES string of the molecule is CCC(c1ccc(OC)c(OC)c1)C1(O)C=CC(=O)C1=CC=C[C@H](O)[C@H](O)CO. The van der Waals surface area contributed by atoms with Gasteiger partial charge in [0, 0.05) is 11.5 Å². The van der Waals surface area contributed by atoms with Crippen LogP contribution in [0, 0.1) is 0 Å². The average molecular weight is 404 g/mol. The van der Waals surface area contributed by atoms with E-state index in [4.69, 9.17) is 14.6 Å². The normalized spacial score (nSPS) is 23.6. The minimum atomic E-state index is -1.55. The number of aliphatic hydroxyl groups is 4. The molecule has 0 heterocycles. The molecule has 158 valence electrons. The summed E-state index contributed by atoms with van der Waals surface area (Å²) >= 11 is 0. The summed E-state index contributed by atoms with van der Waals surface area (Å²) in [5.74, 6) is 0.309. The highest BCUT2D eigenvalue weighted by molar-refractivity contribution is 6.09. The monoisotopic (exact) mass is 404 g/mol. The fourth-order valence-corrected chi connectivity index (χ4v) is 3.47. The van der Waals surface area contributed by atoms with Gasteiger partial charge in [-0.05, 0) is 36.3 Å². The van der Waals surface area contributed by atoms with Gasteiger partial charge in [0.1, 0.15) is 17.8 Å². The Kier molecular flexibility index (Phi) is 7.75. The molecule has 1 aliphatic rings. The second kappa shape index (κ2) is 9.84. The van der Waals surface area contributed by atoms with E-state index in [9.17, 15) is 20.1 Å². The van der Waals surface area contributed by atoms with Gasteiger partial charge >= 0.3 is 0 Å². The average Bonchev–Trinajstić information content (AvgIpc) is 3.02. The van der Waals surface area contributed by atoms with E-state index in [1.54, 1.807) is 12.1 Å². The van der Waals surface area contributed by atoms with E-state index in [1.807, 2.05) is 13.0 Å². The number of aliphatic hydroxyl groups excluding tert-OH is 3. The van der Waals surface area contributed by atoms with Gasteiger partial charge in [0.05, 0.1) is 20.8 Å². The summed E-state index contributed by atoms with van der Waals surface area (Å²) in [6, 6.07) is 5.34. The minimum Gasteiger partial charge on any atom is -0.493 e. The summed E-state index contributed by atoms with van der Waals surface area (Å²) in [5.41, 5.74) is -0.616. The Morgan fingerprint density at radius 1 is 1.17 bits per heavy atom. The number of hydrogen-bond acceptors (Lipinski definition) is 7. The highest BCUT2D eigenvalue weighted by atomic mass is 16.5. The first-order valence-corrected chi connectivity index (χ1v) is 9.36. The van der Waals surface area contributed by atoms with Gasteiger partial charge in [0.25, 0.3) is 0 Å². The van der Waals surface area contributed by atoms with Crippen molar-refractivity contribution >= 4 is 5.78 Å². The molecule has 0 radical (unpaired) electrons. The summed E-state index contributed by atoms with van der Waals surface area (Å²) in [4.78, 5) is 12.4. The van der Waals surface area contributed by atoms with Crippen molar-refractivity contribution in [2.45, 2.75) is 37.1 Å². The number of ether oxygens (including phenoxy) is 2. The van der Waals surface area contributed by atoms with Crippen molar-refractivity contribution in [2.75, 3.05) is 20.8 Å². The molecule has 0 aromatic heterocycles. The van der Waals surface area contributed by atoms with Crippen LogP contribution in [0.5, 0.6) is 11.5 Å². The molecule has 0 saturated carbocycles. The third-order valence-corrected chi connectivity index (χ3v) is 5.09. The van der Waals surface area contributed by atoms with Crippen molar-refractivity contribution in [1.82, 2.24) is 0 Å². The third kappa shape index (κ3) is 4.76. The molecule has 1 aromatic carbocycles. The zero-order chi connectivity index (χ0) is 21.6. The first-order valence-electron chi connectivity index (χ1n) is 9.36. The van der Waals surface area contributed by atoms with Crippen LogP contribution in [0.2, 0.25) is 0 Å². The Labute approximate surface area is 170 Å². The molecule has 0 fully saturated rings. The van der Waals surface area contributed by atoms with Crippen LogP contribution in [0.3, 0.4) is 0 Å². The van der Waals surface area contributed by atoms with Crippen LogP contribution < -0.4 is 9.47 Å². The Hall–Kier alpha value is -2.45. The van der Waals surface area contributed by atoms with E-state index in [2.05, 4.69) is 0 Å². The van der Waals surface area contributed by atoms with Crippen molar-refractivity contribution in [3.05, 3.63) is 59.7 Å². The van der Waals surface area contributed by atoms with Crippen molar-refractivity contribution in [3.8, 4) is 11.5 Å². The molecule has 0 bridgehead atoms. The van der Waals surface area contributed by atoms with E-state index >= 15 is 0 Å². The second-order valence-electron chi connectivity index (χ2n) is 6.80. The zero-order valence-corrected chi connectivity index (χ0v) is 16.8. The molecular formula is C22H28O7. The Bertz CT molecular complexity index is 811. The first-order chi connectivity index (χ1) is 13.8. The quantitative estimate of drug-likeness (QED) is 0.458. The fourth-order valence-electron chi connectivity index (χ4n) is 3.47. The molecule has 2 rings (SSSR count). The first kappa shape index (κ1) is 22.8. The lowest BCUT2D eigenvalue weighted by molar-refractivity contribution is -0.112. The van der Waals surface area contributed by atoms with Gasteiger partial charge in [-0.3, -0.25) is 4.79 Å². The van der Waals surface area contributed by atoms with Crippen LogP contribution >= 0.6 is 0 Å². The van der Waals surface area contributed by atoms with Crippen molar-refractivity contribution in [1.29, 1.82) is 0 Å². The topological polar surface area (TPSA) is 116 Å². The molecule has 0 amide bonds. The van der Waals surface area contributed by atoms with Crippen molar-refractivity contribution in [3.63, 3.8) is 0 Å². The predicted molar refractivity (Wildman–Crippen MR) is 108 cm³/mol. The Balaban J connectivity index is 2.40. The molecule has 1 aliphatic carbocycles. The molecule has 29 heavy (non-hydrogen) atoms. The number of carbonyl (C=O) groups is 1. The van der Waals surface area contributed by atoms with Crippen LogP contribution in [-0.4, -0.2) is 64.8 Å². The largest absolute Gasteiger partial charge is 0.493 e. The van der Waals surface area contributed by atoms with E-state index in [-0.39, 0.29) is 11.4 Å². The second-order valence-corrected chi connectivity index (χ2v) is 6.80. The van der Waals surface area contributed by atoms with Crippen LogP contribution in [-0.2, 0) is 4.79 Å².